The predicted molar refractivity (Wildman–Crippen MR) is 86.2 cm³/mol. The Kier molecular flexibility index (Phi) is 6.16. The van der Waals surface area contributed by atoms with Crippen LogP contribution in [0.2, 0.25) is 0 Å². The number of hydrogen-bond donors (Lipinski definition) is 4. The molecule has 3 amide bonds. The third kappa shape index (κ3) is 4.84. The van der Waals surface area contributed by atoms with Gasteiger partial charge in [-0.25, -0.2) is 26.7 Å². The summed E-state index contributed by atoms with van der Waals surface area (Å²) in [7, 11) is 0. The molecule has 0 saturated carbocycles. The highest BCUT2D eigenvalue weighted by Crippen LogP contribution is 2.26. The smallest absolute Gasteiger partial charge is 0.319 e. The van der Waals surface area contributed by atoms with Crippen molar-refractivity contribution in [3.63, 3.8) is 0 Å². The van der Waals surface area contributed by atoms with Gasteiger partial charge in [-0.3, -0.25) is 15.6 Å². The Morgan fingerprint density at radius 2 is 1.52 bits per heavy atom. The molecule has 0 spiro atoms. The molecule has 2 aromatic rings. The number of benzene rings is 2. The first-order chi connectivity index (χ1) is 12.7. The van der Waals surface area contributed by atoms with E-state index in [-0.39, 0.29) is 0 Å². The summed E-state index contributed by atoms with van der Waals surface area (Å²) in [6, 6.07) is 6.04. The number of amides is 3. The highest BCUT2D eigenvalue weighted by Gasteiger charge is 2.26. The zero-order chi connectivity index (χ0) is 20.1. The van der Waals surface area contributed by atoms with Crippen molar-refractivity contribution in [2.45, 2.75) is 6.92 Å². The first kappa shape index (κ1) is 19.9. The molecule has 11 heteroatoms. The molecule has 0 aromatic heterocycles. The molecule has 0 radical (unpaired) electrons. The van der Waals surface area contributed by atoms with Crippen LogP contribution in [0.4, 0.5) is 38.1 Å². The van der Waals surface area contributed by atoms with Gasteiger partial charge in [0.1, 0.15) is 12.2 Å². The van der Waals surface area contributed by atoms with Gasteiger partial charge in [-0.05, 0) is 24.6 Å². The molecule has 4 N–H and O–H groups in total. The molecule has 0 aliphatic rings. The Morgan fingerprint density at radius 1 is 0.926 bits per heavy atom. The maximum Gasteiger partial charge on any atom is 0.319 e. The molecule has 0 aliphatic carbocycles. The predicted octanol–water partition coefficient (Wildman–Crippen LogP) is 2.96. The lowest BCUT2D eigenvalue weighted by atomic mass is 10.2. The maximum atomic E-state index is 13.4. The van der Waals surface area contributed by atoms with Crippen LogP contribution in [0.15, 0.2) is 24.3 Å². The average molecular weight is 388 g/mol. The van der Waals surface area contributed by atoms with E-state index < -0.39 is 53.3 Å². The van der Waals surface area contributed by atoms with E-state index in [1.165, 1.54) is 0 Å². The summed E-state index contributed by atoms with van der Waals surface area (Å²) in [6.07, 6.45) is 0. The van der Waals surface area contributed by atoms with Gasteiger partial charge in [0.05, 0.1) is 0 Å². The molecule has 0 unspecified atom stereocenters. The Hall–Kier alpha value is -3.37. The van der Waals surface area contributed by atoms with Gasteiger partial charge in [0.2, 0.25) is 5.82 Å². The van der Waals surface area contributed by atoms with E-state index in [0.29, 0.717) is 5.69 Å². The summed E-state index contributed by atoms with van der Waals surface area (Å²) in [4.78, 5) is 23.2. The summed E-state index contributed by atoms with van der Waals surface area (Å²) in [5.74, 6) is -11.9. The molecule has 144 valence electrons. The Balaban J connectivity index is 1.89. The number of hydrazine groups is 1. The maximum absolute atomic E-state index is 13.4. The average Bonchev–Trinajstić information content (AvgIpc) is 2.63. The summed E-state index contributed by atoms with van der Waals surface area (Å²) in [5, 5.41) is 4.59. The van der Waals surface area contributed by atoms with Crippen LogP contribution in [0.25, 0.3) is 0 Å². The first-order valence-corrected chi connectivity index (χ1v) is 7.38. The highest BCUT2D eigenvalue weighted by molar-refractivity contribution is 5.92. The second-order valence-corrected chi connectivity index (χ2v) is 5.30. The number of urea groups is 1. The van der Waals surface area contributed by atoms with Crippen molar-refractivity contribution < 1.29 is 31.5 Å². The molecule has 0 bridgehead atoms. The van der Waals surface area contributed by atoms with E-state index in [2.05, 4.69) is 10.6 Å². The largest absolute Gasteiger partial charge is 0.329 e. The Morgan fingerprint density at radius 3 is 2.11 bits per heavy atom. The third-order valence-corrected chi connectivity index (χ3v) is 3.22. The van der Waals surface area contributed by atoms with Gasteiger partial charge in [0.15, 0.2) is 23.3 Å². The fraction of sp³-hybridized carbons (Fsp3) is 0.125. The van der Waals surface area contributed by atoms with E-state index >= 15 is 0 Å². The number of nitrogens with one attached hydrogen (secondary N) is 4. The van der Waals surface area contributed by atoms with Crippen molar-refractivity contribution in [1.82, 2.24) is 10.7 Å². The number of rotatable bonds is 5. The second-order valence-electron chi connectivity index (χ2n) is 5.30. The van der Waals surface area contributed by atoms with Crippen molar-refractivity contribution in [3.05, 3.63) is 58.9 Å². The standard InChI is InChI=1S/C16H13F5N4O2/c1-7-3-2-4-8(5-7)23-16(27)22-6-9(26)24-25-15-13(20)11(18)10(17)12(19)14(15)21/h2-5,25H,6H2,1H3,(H,24,26)(H2,22,23,27). The van der Waals surface area contributed by atoms with Crippen LogP contribution in [0.5, 0.6) is 0 Å². The lowest BCUT2D eigenvalue weighted by Gasteiger charge is -2.12. The molecular formula is C16H13F5N4O2. The van der Waals surface area contributed by atoms with Crippen LogP contribution in [-0.2, 0) is 4.79 Å². The minimum Gasteiger partial charge on any atom is -0.329 e. The van der Waals surface area contributed by atoms with E-state index in [9.17, 15) is 31.5 Å². The van der Waals surface area contributed by atoms with Gasteiger partial charge in [-0.1, -0.05) is 12.1 Å². The third-order valence-electron chi connectivity index (χ3n) is 3.22. The molecule has 0 heterocycles. The number of carbonyl (C=O) groups is 2. The zero-order valence-electron chi connectivity index (χ0n) is 13.7. The zero-order valence-corrected chi connectivity index (χ0v) is 13.7. The van der Waals surface area contributed by atoms with Crippen LogP contribution in [0, 0.1) is 36.0 Å². The fourth-order valence-corrected chi connectivity index (χ4v) is 1.95. The lowest BCUT2D eigenvalue weighted by molar-refractivity contribution is -0.119. The normalized spacial score (nSPS) is 10.3. The minimum atomic E-state index is -2.32. The quantitative estimate of drug-likeness (QED) is 0.275. The summed E-state index contributed by atoms with van der Waals surface area (Å²) < 4.78 is 65.8. The van der Waals surface area contributed by atoms with Crippen molar-refractivity contribution >= 4 is 23.3 Å². The van der Waals surface area contributed by atoms with Crippen molar-refractivity contribution in [2.24, 2.45) is 0 Å². The molecular weight excluding hydrogens is 375 g/mol. The second kappa shape index (κ2) is 8.34. The van der Waals surface area contributed by atoms with Gasteiger partial charge in [0.25, 0.3) is 5.91 Å². The van der Waals surface area contributed by atoms with Crippen LogP contribution in [-0.4, -0.2) is 18.5 Å². The van der Waals surface area contributed by atoms with Crippen molar-refractivity contribution in [3.8, 4) is 0 Å². The number of carbonyl (C=O) groups excluding carboxylic acids is 2. The highest BCUT2D eigenvalue weighted by atomic mass is 19.2. The number of anilines is 2. The summed E-state index contributed by atoms with van der Waals surface area (Å²) >= 11 is 0. The van der Waals surface area contributed by atoms with Crippen LogP contribution in [0.3, 0.4) is 0 Å². The van der Waals surface area contributed by atoms with Gasteiger partial charge in [0, 0.05) is 5.69 Å². The monoisotopic (exact) mass is 388 g/mol. The number of hydrogen-bond acceptors (Lipinski definition) is 3. The van der Waals surface area contributed by atoms with Gasteiger partial charge in [-0.2, -0.15) is 0 Å². The van der Waals surface area contributed by atoms with E-state index in [4.69, 9.17) is 0 Å². The van der Waals surface area contributed by atoms with Gasteiger partial charge in [-0.15, -0.1) is 0 Å². The van der Waals surface area contributed by atoms with E-state index in [0.717, 1.165) is 5.56 Å². The molecule has 2 rings (SSSR count). The van der Waals surface area contributed by atoms with Crippen LogP contribution in [0.1, 0.15) is 5.56 Å². The molecule has 0 saturated heterocycles. The Bertz CT molecular complexity index is 862. The minimum absolute atomic E-state index is 0.465. The van der Waals surface area contributed by atoms with Gasteiger partial charge < -0.3 is 10.6 Å². The SMILES string of the molecule is Cc1cccc(NC(=O)NCC(=O)NNc2c(F)c(F)c(F)c(F)c2F)c1. The Labute approximate surface area is 149 Å². The van der Waals surface area contributed by atoms with Crippen molar-refractivity contribution in [2.75, 3.05) is 17.3 Å². The fourth-order valence-electron chi connectivity index (χ4n) is 1.95. The number of halogens is 5. The van der Waals surface area contributed by atoms with Crippen LogP contribution >= 0.6 is 0 Å². The lowest BCUT2D eigenvalue weighted by Crippen LogP contribution is -2.41. The topological polar surface area (TPSA) is 82.3 Å². The van der Waals surface area contributed by atoms with Crippen LogP contribution < -0.4 is 21.5 Å². The van der Waals surface area contributed by atoms with Crippen molar-refractivity contribution in [1.29, 1.82) is 0 Å². The molecule has 6 nitrogen and oxygen atoms in total. The summed E-state index contributed by atoms with van der Waals surface area (Å²) in [5.41, 5.74) is 3.24. The molecule has 0 atom stereocenters. The van der Waals surface area contributed by atoms with E-state index in [1.54, 1.807) is 29.1 Å². The summed E-state index contributed by atoms with van der Waals surface area (Å²) in [6.45, 7) is 1.17. The molecule has 0 fully saturated rings. The first-order valence-electron chi connectivity index (χ1n) is 7.38. The molecule has 0 aliphatic heterocycles. The van der Waals surface area contributed by atoms with E-state index in [1.807, 2.05) is 13.0 Å². The number of aryl methyl sites for hydroxylation is 1. The van der Waals surface area contributed by atoms with Gasteiger partial charge >= 0.3 is 6.03 Å². The molecule has 27 heavy (non-hydrogen) atoms. The molecule has 2 aromatic carbocycles.